The molecule has 2 nitrogen and oxygen atoms in total. The number of benzene rings is 2. The van der Waals surface area contributed by atoms with Crippen molar-refractivity contribution in [1.29, 1.82) is 0 Å². The molecule has 2 rings (SSSR count). The van der Waals surface area contributed by atoms with Gasteiger partial charge in [0.15, 0.2) is 0 Å². The molecular formula is C17H19Cl2NO. The van der Waals surface area contributed by atoms with Gasteiger partial charge in [-0.25, -0.2) is 0 Å². The molecule has 1 unspecified atom stereocenters. The largest absolute Gasteiger partial charge is 0.455 e. The molecule has 0 fully saturated rings. The fraction of sp³-hybridized carbons (Fsp3) is 0.294. The Morgan fingerprint density at radius 2 is 1.86 bits per heavy atom. The fourth-order valence-corrected chi connectivity index (χ4v) is 2.45. The fourth-order valence-electron chi connectivity index (χ4n) is 2.05. The summed E-state index contributed by atoms with van der Waals surface area (Å²) in [6.07, 6.45) is 1.56. The quantitative estimate of drug-likeness (QED) is 0.802. The second kappa shape index (κ2) is 7.17. The zero-order valence-corrected chi connectivity index (χ0v) is 13.7. The van der Waals surface area contributed by atoms with Crippen LogP contribution in [0.3, 0.4) is 0 Å². The molecule has 0 saturated heterocycles. The number of nitrogens with two attached hydrogens (primary N) is 1. The van der Waals surface area contributed by atoms with Gasteiger partial charge in [0, 0.05) is 16.6 Å². The Bertz CT molecular complexity index is 628. The van der Waals surface area contributed by atoms with Gasteiger partial charge in [0.25, 0.3) is 0 Å². The molecule has 0 aliphatic heterocycles. The molecule has 4 heteroatoms. The van der Waals surface area contributed by atoms with Crippen LogP contribution in [0.1, 0.15) is 24.5 Å². The van der Waals surface area contributed by atoms with Gasteiger partial charge in [-0.1, -0.05) is 42.3 Å². The van der Waals surface area contributed by atoms with Crippen LogP contribution in [0, 0.1) is 6.92 Å². The van der Waals surface area contributed by atoms with Crippen LogP contribution < -0.4 is 10.5 Å². The predicted molar refractivity (Wildman–Crippen MR) is 89.7 cm³/mol. The summed E-state index contributed by atoms with van der Waals surface area (Å²) in [4.78, 5) is 0. The molecule has 0 bridgehead atoms. The maximum atomic E-state index is 6.30. The van der Waals surface area contributed by atoms with Crippen LogP contribution in [0.5, 0.6) is 11.5 Å². The molecule has 0 saturated carbocycles. The summed E-state index contributed by atoms with van der Waals surface area (Å²) in [5.74, 6) is 1.34. The number of aryl methyl sites for hydroxylation is 1. The van der Waals surface area contributed by atoms with E-state index in [2.05, 4.69) is 6.92 Å². The summed E-state index contributed by atoms with van der Waals surface area (Å²) in [7, 11) is 0. The first-order valence-electron chi connectivity index (χ1n) is 6.98. The molecule has 0 amide bonds. The first-order valence-corrected chi connectivity index (χ1v) is 7.73. The lowest BCUT2D eigenvalue weighted by Crippen LogP contribution is -2.21. The number of ether oxygens (including phenoxy) is 1. The van der Waals surface area contributed by atoms with Gasteiger partial charge in [-0.05, 0) is 49.6 Å². The highest BCUT2D eigenvalue weighted by molar-refractivity contribution is 6.32. The van der Waals surface area contributed by atoms with Gasteiger partial charge in [-0.15, -0.1) is 0 Å². The summed E-state index contributed by atoms with van der Waals surface area (Å²) in [6, 6.07) is 11.3. The predicted octanol–water partition coefficient (Wildman–Crippen LogP) is 5.37. The van der Waals surface area contributed by atoms with Gasteiger partial charge in [0.1, 0.15) is 11.5 Å². The van der Waals surface area contributed by atoms with E-state index in [9.17, 15) is 0 Å². The van der Waals surface area contributed by atoms with Crippen LogP contribution in [0.25, 0.3) is 0 Å². The van der Waals surface area contributed by atoms with Crippen molar-refractivity contribution in [3.05, 3.63) is 57.6 Å². The van der Waals surface area contributed by atoms with E-state index in [1.807, 2.05) is 43.3 Å². The molecule has 2 aromatic rings. The van der Waals surface area contributed by atoms with Gasteiger partial charge in [-0.2, -0.15) is 0 Å². The molecular weight excluding hydrogens is 305 g/mol. The van der Waals surface area contributed by atoms with Crippen LogP contribution >= 0.6 is 23.2 Å². The average Bonchev–Trinajstić information content (AvgIpc) is 2.46. The van der Waals surface area contributed by atoms with E-state index in [4.69, 9.17) is 33.7 Å². The van der Waals surface area contributed by atoms with Crippen molar-refractivity contribution in [2.45, 2.75) is 32.7 Å². The van der Waals surface area contributed by atoms with E-state index < -0.39 is 0 Å². The van der Waals surface area contributed by atoms with Crippen molar-refractivity contribution >= 4 is 23.2 Å². The Morgan fingerprint density at radius 1 is 1.10 bits per heavy atom. The summed E-state index contributed by atoms with van der Waals surface area (Å²) < 4.78 is 5.98. The SMILES string of the molecule is CCC(N)Cc1c(Cl)cccc1Oc1cc(C)ccc1Cl. The molecule has 2 aromatic carbocycles. The van der Waals surface area contributed by atoms with Crippen LogP contribution in [0.2, 0.25) is 10.0 Å². The molecule has 21 heavy (non-hydrogen) atoms. The van der Waals surface area contributed by atoms with E-state index >= 15 is 0 Å². The lowest BCUT2D eigenvalue weighted by Gasteiger charge is -2.16. The second-order valence-corrected chi connectivity index (χ2v) is 5.94. The number of hydrogen-bond acceptors (Lipinski definition) is 2. The Morgan fingerprint density at radius 3 is 2.57 bits per heavy atom. The van der Waals surface area contributed by atoms with E-state index in [-0.39, 0.29) is 6.04 Å². The minimum Gasteiger partial charge on any atom is -0.455 e. The van der Waals surface area contributed by atoms with E-state index in [0.717, 1.165) is 17.5 Å². The number of hydrogen-bond donors (Lipinski definition) is 1. The minimum absolute atomic E-state index is 0.0558. The molecule has 2 N–H and O–H groups in total. The molecule has 0 aromatic heterocycles. The van der Waals surface area contributed by atoms with E-state index in [0.29, 0.717) is 28.0 Å². The third-order valence-electron chi connectivity index (χ3n) is 3.37. The van der Waals surface area contributed by atoms with Crippen LogP contribution in [-0.2, 0) is 6.42 Å². The zero-order chi connectivity index (χ0) is 15.4. The molecule has 0 radical (unpaired) electrons. The third-order valence-corrected chi connectivity index (χ3v) is 4.04. The highest BCUT2D eigenvalue weighted by Crippen LogP contribution is 2.35. The molecule has 112 valence electrons. The topological polar surface area (TPSA) is 35.2 Å². The van der Waals surface area contributed by atoms with Gasteiger partial charge in [0.2, 0.25) is 0 Å². The molecule has 0 spiro atoms. The monoisotopic (exact) mass is 323 g/mol. The van der Waals surface area contributed by atoms with Crippen LogP contribution in [0.4, 0.5) is 0 Å². The second-order valence-electron chi connectivity index (χ2n) is 5.12. The summed E-state index contributed by atoms with van der Waals surface area (Å²) in [5.41, 5.74) is 8.06. The Hall–Kier alpha value is -1.22. The lowest BCUT2D eigenvalue weighted by molar-refractivity contribution is 0.472. The highest BCUT2D eigenvalue weighted by Gasteiger charge is 2.13. The van der Waals surface area contributed by atoms with E-state index in [1.54, 1.807) is 0 Å². The summed E-state index contributed by atoms with van der Waals surface area (Å²) >= 11 is 12.5. The van der Waals surface area contributed by atoms with Gasteiger partial charge < -0.3 is 10.5 Å². The van der Waals surface area contributed by atoms with Crippen molar-refractivity contribution in [1.82, 2.24) is 0 Å². The molecule has 1 atom stereocenters. The van der Waals surface area contributed by atoms with Crippen LogP contribution in [0.15, 0.2) is 36.4 Å². The Balaban J connectivity index is 2.35. The maximum absolute atomic E-state index is 6.30. The normalized spacial score (nSPS) is 12.2. The molecule has 0 aliphatic rings. The van der Waals surface area contributed by atoms with Crippen LogP contribution in [-0.4, -0.2) is 6.04 Å². The van der Waals surface area contributed by atoms with Gasteiger partial charge in [-0.3, -0.25) is 0 Å². The Kier molecular flexibility index (Phi) is 5.51. The summed E-state index contributed by atoms with van der Waals surface area (Å²) in [5, 5.41) is 1.24. The maximum Gasteiger partial charge on any atom is 0.146 e. The van der Waals surface area contributed by atoms with Gasteiger partial charge in [0.05, 0.1) is 5.02 Å². The minimum atomic E-state index is 0.0558. The zero-order valence-electron chi connectivity index (χ0n) is 12.2. The van der Waals surface area contributed by atoms with Crippen molar-refractivity contribution in [3.8, 4) is 11.5 Å². The third kappa shape index (κ3) is 4.13. The van der Waals surface area contributed by atoms with Crippen molar-refractivity contribution in [2.24, 2.45) is 5.73 Å². The summed E-state index contributed by atoms with van der Waals surface area (Å²) in [6.45, 7) is 4.05. The highest BCUT2D eigenvalue weighted by atomic mass is 35.5. The molecule has 0 aliphatic carbocycles. The average molecular weight is 324 g/mol. The standard InChI is InChI=1S/C17H19Cl2NO/c1-3-12(20)10-13-14(18)5-4-6-16(13)21-17-9-11(2)7-8-15(17)19/h4-9,12H,3,10,20H2,1-2H3. The van der Waals surface area contributed by atoms with Gasteiger partial charge >= 0.3 is 0 Å². The smallest absolute Gasteiger partial charge is 0.146 e. The van der Waals surface area contributed by atoms with Crippen molar-refractivity contribution < 1.29 is 4.74 Å². The molecule has 0 heterocycles. The number of halogens is 2. The van der Waals surface area contributed by atoms with Crippen molar-refractivity contribution in [3.63, 3.8) is 0 Å². The van der Waals surface area contributed by atoms with E-state index in [1.165, 1.54) is 0 Å². The lowest BCUT2D eigenvalue weighted by atomic mass is 10.0. The Labute approximate surface area is 135 Å². The number of rotatable bonds is 5. The first-order chi connectivity index (χ1) is 10.0. The first kappa shape index (κ1) is 16.2. The van der Waals surface area contributed by atoms with Crippen molar-refractivity contribution in [2.75, 3.05) is 0 Å².